The third kappa shape index (κ3) is 4.64. The number of fused-ring (bicyclic) bond motifs is 1. The summed E-state index contributed by atoms with van der Waals surface area (Å²) in [6.45, 7) is 0. The van der Waals surface area contributed by atoms with Crippen molar-refractivity contribution < 1.29 is 22.4 Å². The van der Waals surface area contributed by atoms with Gasteiger partial charge in [-0.15, -0.1) is 0 Å². The SMILES string of the molecule is O=C(N/N=C\c1ccc(C(F)(F)F)cc1)c1cc(-c2ccc(F)cc2)nc2ccccc12. The summed E-state index contributed by atoms with van der Waals surface area (Å²) >= 11 is 0. The molecule has 1 aromatic heterocycles. The summed E-state index contributed by atoms with van der Waals surface area (Å²) in [5, 5.41) is 4.45. The number of rotatable bonds is 4. The van der Waals surface area contributed by atoms with E-state index in [0.717, 1.165) is 12.1 Å². The summed E-state index contributed by atoms with van der Waals surface area (Å²) in [7, 11) is 0. The third-order valence-corrected chi connectivity index (χ3v) is 4.72. The van der Waals surface area contributed by atoms with Gasteiger partial charge in [0.1, 0.15) is 5.82 Å². The minimum Gasteiger partial charge on any atom is -0.267 e. The number of alkyl halides is 3. The third-order valence-electron chi connectivity index (χ3n) is 4.72. The van der Waals surface area contributed by atoms with Crippen LogP contribution >= 0.6 is 0 Å². The van der Waals surface area contributed by atoms with Gasteiger partial charge >= 0.3 is 6.18 Å². The van der Waals surface area contributed by atoms with Gasteiger partial charge in [-0.3, -0.25) is 4.79 Å². The van der Waals surface area contributed by atoms with Crippen molar-refractivity contribution >= 4 is 23.0 Å². The number of halogens is 4. The molecule has 8 heteroatoms. The second-order valence-corrected chi connectivity index (χ2v) is 6.90. The largest absolute Gasteiger partial charge is 0.416 e. The minimum atomic E-state index is -4.42. The fraction of sp³-hybridized carbons (Fsp3) is 0.0417. The molecular formula is C24H15F4N3O. The van der Waals surface area contributed by atoms with Gasteiger partial charge in [-0.2, -0.15) is 18.3 Å². The van der Waals surface area contributed by atoms with Crippen LogP contribution in [0.4, 0.5) is 17.6 Å². The highest BCUT2D eigenvalue weighted by atomic mass is 19.4. The van der Waals surface area contributed by atoms with Gasteiger partial charge in [0.25, 0.3) is 5.91 Å². The lowest BCUT2D eigenvalue weighted by Gasteiger charge is -2.09. The van der Waals surface area contributed by atoms with Gasteiger partial charge < -0.3 is 0 Å². The normalized spacial score (nSPS) is 11.8. The molecule has 0 spiro atoms. The van der Waals surface area contributed by atoms with Gasteiger partial charge in [0.2, 0.25) is 0 Å². The molecule has 1 N–H and O–H groups in total. The first kappa shape index (κ1) is 21.2. The monoisotopic (exact) mass is 437 g/mol. The Morgan fingerprint density at radius 1 is 0.938 bits per heavy atom. The molecule has 1 heterocycles. The van der Waals surface area contributed by atoms with Crippen molar-refractivity contribution in [1.29, 1.82) is 0 Å². The lowest BCUT2D eigenvalue weighted by atomic mass is 10.0. The van der Waals surface area contributed by atoms with E-state index in [-0.39, 0.29) is 5.82 Å². The molecule has 0 aliphatic heterocycles. The van der Waals surface area contributed by atoms with Crippen LogP contribution in [0.2, 0.25) is 0 Å². The van der Waals surface area contributed by atoms with E-state index in [1.54, 1.807) is 42.5 Å². The molecule has 4 nitrogen and oxygen atoms in total. The molecule has 3 aromatic carbocycles. The van der Waals surface area contributed by atoms with E-state index < -0.39 is 17.6 Å². The van der Waals surface area contributed by atoms with Gasteiger partial charge in [-0.05, 0) is 54.1 Å². The van der Waals surface area contributed by atoms with Crippen molar-refractivity contribution in [2.45, 2.75) is 6.18 Å². The van der Waals surface area contributed by atoms with Gasteiger partial charge in [0.15, 0.2) is 0 Å². The number of carbonyl (C=O) groups excluding carboxylic acids is 1. The van der Waals surface area contributed by atoms with E-state index in [1.165, 1.54) is 30.5 Å². The van der Waals surface area contributed by atoms with Crippen molar-refractivity contribution in [2.75, 3.05) is 0 Å². The lowest BCUT2D eigenvalue weighted by molar-refractivity contribution is -0.137. The zero-order chi connectivity index (χ0) is 22.7. The minimum absolute atomic E-state index is 0.305. The zero-order valence-electron chi connectivity index (χ0n) is 16.4. The van der Waals surface area contributed by atoms with Crippen LogP contribution in [0.1, 0.15) is 21.5 Å². The first-order valence-electron chi connectivity index (χ1n) is 9.48. The molecular weight excluding hydrogens is 422 g/mol. The second kappa shape index (κ2) is 8.58. The topological polar surface area (TPSA) is 54.4 Å². The van der Waals surface area contributed by atoms with Crippen molar-refractivity contribution in [3.05, 3.63) is 101 Å². The Labute approximate surface area is 180 Å². The number of hydrazone groups is 1. The van der Waals surface area contributed by atoms with Crippen LogP contribution in [-0.2, 0) is 6.18 Å². The number of carbonyl (C=O) groups is 1. The fourth-order valence-electron chi connectivity index (χ4n) is 3.12. The Hall–Kier alpha value is -4.07. The van der Waals surface area contributed by atoms with Crippen LogP contribution in [0.15, 0.2) is 84.0 Å². The molecule has 0 saturated heterocycles. The maximum atomic E-state index is 13.3. The lowest BCUT2D eigenvalue weighted by Crippen LogP contribution is -2.18. The van der Waals surface area contributed by atoms with Gasteiger partial charge in [0, 0.05) is 10.9 Å². The highest BCUT2D eigenvalue weighted by molar-refractivity contribution is 6.07. The average molecular weight is 437 g/mol. The number of para-hydroxylation sites is 1. The van der Waals surface area contributed by atoms with Crippen molar-refractivity contribution in [2.24, 2.45) is 5.10 Å². The maximum Gasteiger partial charge on any atom is 0.416 e. The van der Waals surface area contributed by atoms with Crippen molar-refractivity contribution in [3.8, 4) is 11.3 Å². The molecule has 160 valence electrons. The number of amides is 1. The summed E-state index contributed by atoms with van der Waals surface area (Å²) in [5.41, 5.74) is 4.02. The van der Waals surface area contributed by atoms with Crippen LogP contribution in [-0.4, -0.2) is 17.1 Å². The highest BCUT2D eigenvalue weighted by Gasteiger charge is 2.29. The molecule has 32 heavy (non-hydrogen) atoms. The van der Waals surface area contributed by atoms with Crippen molar-refractivity contribution in [3.63, 3.8) is 0 Å². The Kier molecular flexibility index (Phi) is 5.68. The van der Waals surface area contributed by atoms with E-state index in [2.05, 4.69) is 15.5 Å². The molecule has 0 radical (unpaired) electrons. The van der Waals surface area contributed by atoms with E-state index in [9.17, 15) is 22.4 Å². The predicted octanol–water partition coefficient (Wildman–Crippen LogP) is 5.82. The summed E-state index contributed by atoms with van der Waals surface area (Å²) in [5.74, 6) is -0.903. The first-order chi connectivity index (χ1) is 15.3. The van der Waals surface area contributed by atoms with Crippen LogP contribution in [0.3, 0.4) is 0 Å². The number of nitrogens with zero attached hydrogens (tertiary/aromatic N) is 2. The van der Waals surface area contributed by atoms with Crippen molar-refractivity contribution in [1.82, 2.24) is 10.4 Å². The standard InChI is InChI=1S/C24H15F4N3O/c25-18-11-7-16(8-12-18)22-13-20(19-3-1-2-4-21(19)30-22)23(32)31-29-14-15-5-9-17(10-6-15)24(26,27)28/h1-14H,(H,31,32)/b29-14-. The fourth-order valence-corrected chi connectivity index (χ4v) is 3.12. The molecule has 0 bridgehead atoms. The Balaban J connectivity index is 1.60. The number of benzene rings is 3. The van der Waals surface area contributed by atoms with E-state index in [0.29, 0.717) is 33.3 Å². The molecule has 0 aliphatic carbocycles. The van der Waals surface area contributed by atoms with Crippen LogP contribution in [0.5, 0.6) is 0 Å². The Morgan fingerprint density at radius 2 is 1.62 bits per heavy atom. The Bertz CT molecular complexity index is 1300. The second-order valence-electron chi connectivity index (χ2n) is 6.90. The number of nitrogens with one attached hydrogen (secondary N) is 1. The van der Waals surface area contributed by atoms with E-state index in [4.69, 9.17) is 0 Å². The van der Waals surface area contributed by atoms with E-state index in [1.807, 2.05) is 0 Å². The number of hydrogen-bond acceptors (Lipinski definition) is 3. The summed E-state index contributed by atoms with van der Waals surface area (Å²) in [4.78, 5) is 17.4. The quantitative estimate of drug-likeness (QED) is 0.248. The summed E-state index contributed by atoms with van der Waals surface area (Å²) in [6, 6.07) is 18.8. The molecule has 0 aliphatic rings. The number of pyridine rings is 1. The summed E-state index contributed by atoms with van der Waals surface area (Å²) in [6.07, 6.45) is -3.17. The molecule has 4 aromatic rings. The average Bonchev–Trinajstić information content (AvgIpc) is 2.78. The van der Waals surface area contributed by atoms with Crippen LogP contribution in [0.25, 0.3) is 22.2 Å². The number of aromatic nitrogens is 1. The first-order valence-corrected chi connectivity index (χ1v) is 9.48. The summed E-state index contributed by atoms with van der Waals surface area (Å²) < 4.78 is 51.2. The maximum absolute atomic E-state index is 13.3. The highest BCUT2D eigenvalue weighted by Crippen LogP contribution is 2.29. The number of hydrogen-bond donors (Lipinski definition) is 1. The zero-order valence-corrected chi connectivity index (χ0v) is 16.4. The molecule has 0 fully saturated rings. The molecule has 0 unspecified atom stereocenters. The van der Waals surface area contributed by atoms with Crippen LogP contribution < -0.4 is 5.43 Å². The van der Waals surface area contributed by atoms with Gasteiger partial charge in [0.05, 0.1) is 28.6 Å². The smallest absolute Gasteiger partial charge is 0.267 e. The van der Waals surface area contributed by atoms with Crippen LogP contribution in [0, 0.1) is 5.82 Å². The van der Waals surface area contributed by atoms with Gasteiger partial charge in [-0.25, -0.2) is 14.8 Å². The molecule has 1 amide bonds. The molecule has 0 atom stereocenters. The Morgan fingerprint density at radius 3 is 2.31 bits per heavy atom. The predicted molar refractivity (Wildman–Crippen MR) is 114 cm³/mol. The molecule has 4 rings (SSSR count). The van der Waals surface area contributed by atoms with E-state index >= 15 is 0 Å². The molecule has 0 saturated carbocycles. The van der Waals surface area contributed by atoms with Gasteiger partial charge in [-0.1, -0.05) is 30.3 Å².